The molecule has 0 saturated heterocycles. The Morgan fingerprint density at radius 2 is 1.23 bits per heavy atom. The van der Waals surface area contributed by atoms with E-state index in [1.165, 1.54) is 38.5 Å². The first kappa shape index (κ1) is 23.6. The molecule has 0 aromatic rings. The molecule has 0 spiro atoms. The largest absolute Gasteiger partial charge is 0.478 e. The topological polar surface area (TPSA) is 37.3 Å². The number of hydrogen-bond acceptors (Lipinski definition) is 1. The van der Waals surface area contributed by atoms with Gasteiger partial charge in [-0.15, -0.1) is 0 Å². The van der Waals surface area contributed by atoms with Crippen molar-refractivity contribution in [3.8, 4) is 0 Å². The van der Waals surface area contributed by atoms with E-state index in [0.29, 0.717) is 23.1 Å². The fourth-order valence-electron chi connectivity index (χ4n) is 2.40. The van der Waals surface area contributed by atoms with Crippen LogP contribution in [0.15, 0.2) is 85.1 Å². The molecular formula is C24H34O2. The summed E-state index contributed by atoms with van der Waals surface area (Å²) in [6.45, 7) is 25.3. The van der Waals surface area contributed by atoms with E-state index >= 15 is 0 Å². The van der Waals surface area contributed by atoms with E-state index in [4.69, 9.17) is 5.11 Å². The van der Waals surface area contributed by atoms with E-state index in [0.717, 1.165) is 12.0 Å². The van der Waals surface area contributed by atoms with Crippen LogP contribution in [0, 0.1) is 0 Å². The monoisotopic (exact) mass is 354 g/mol. The summed E-state index contributed by atoms with van der Waals surface area (Å²) >= 11 is 0. The molecule has 2 nitrogen and oxygen atoms in total. The van der Waals surface area contributed by atoms with Gasteiger partial charge in [-0.1, -0.05) is 90.7 Å². The SMILES string of the molecule is C=C(C/C=C\CCCCCCCC)C(=C)C(=C)C(=C)C(=C)C(=C)C(=O)O. The van der Waals surface area contributed by atoms with Gasteiger partial charge in [0.15, 0.2) is 0 Å². The highest BCUT2D eigenvalue weighted by molar-refractivity contribution is 5.93. The summed E-state index contributed by atoms with van der Waals surface area (Å²) in [5.74, 6) is -1.12. The smallest absolute Gasteiger partial charge is 0.335 e. The van der Waals surface area contributed by atoms with E-state index in [2.05, 4.69) is 58.5 Å². The number of carboxylic acids is 1. The van der Waals surface area contributed by atoms with Crippen LogP contribution >= 0.6 is 0 Å². The molecule has 0 radical (unpaired) electrons. The number of hydrogen-bond donors (Lipinski definition) is 1. The Morgan fingerprint density at radius 1 is 0.731 bits per heavy atom. The molecule has 0 unspecified atom stereocenters. The van der Waals surface area contributed by atoms with E-state index in [-0.39, 0.29) is 11.1 Å². The van der Waals surface area contributed by atoms with Crippen molar-refractivity contribution in [3.63, 3.8) is 0 Å². The predicted molar refractivity (Wildman–Crippen MR) is 114 cm³/mol. The maximum absolute atomic E-state index is 11.0. The summed E-state index contributed by atoms with van der Waals surface area (Å²) in [5.41, 5.74) is 2.65. The molecule has 0 aliphatic carbocycles. The van der Waals surface area contributed by atoms with Crippen LogP contribution in [0.25, 0.3) is 0 Å². The van der Waals surface area contributed by atoms with Crippen molar-refractivity contribution in [1.29, 1.82) is 0 Å². The van der Waals surface area contributed by atoms with Gasteiger partial charge in [0.2, 0.25) is 0 Å². The highest BCUT2D eigenvalue weighted by atomic mass is 16.4. The van der Waals surface area contributed by atoms with Gasteiger partial charge in [0.05, 0.1) is 5.57 Å². The summed E-state index contributed by atoms with van der Waals surface area (Å²) in [6, 6.07) is 0. The standard InChI is InChI=1S/C24H34O2/c1-8-9-10-11-12-13-14-15-16-17-18(2)19(3)20(4)21(5)22(6)23(7)24(25)26/h15-16H,2-14,17H2,1H3,(H,25,26)/b16-15-. The molecule has 0 heterocycles. The summed E-state index contributed by atoms with van der Waals surface area (Å²) in [7, 11) is 0. The van der Waals surface area contributed by atoms with Crippen LogP contribution in [-0.4, -0.2) is 11.1 Å². The first-order valence-corrected chi connectivity index (χ1v) is 9.26. The second-order valence-corrected chi connectivity index (χ2v) is 6.53. The lowest BCUT2D eigenvalue weighted by atomic mass is 9.89. The molecule has 0 saturated carbocycles. The second-order valence-electron chi connectivity index (χ2n) is 6.53. The van der Waals surface area contributed by atoms with Crippen LogP contribution in [0.3, 0.4) is 0 Å². The minimum atomic E-state index is -1.12. The molecule has 0 aromatic carbocycles. The van der Waals surface area contributed by atoms with Crippen LogP contribution in [0.4, 0.5) is 0 Å². The lowest BCUT2D eigenvalue weighted by Gasteiger charge is -2.15. The molecule has 0 rings (SSSR count). The Morgan fingerprint density at radius 3 is 1.81 bits per heavy atom. The summed E-state index contributed by atoms with van der Waals surface area (Å²) in [6.07, 6.45) is 13.8. The van der Waals surface area contributed by atoms with Gasteiger partial charge in [-0.25, -0.2) is 4.79 Å². The Bertz CT molecular complexity index is 614. The Kier molecular flexibility index (Phi) is 11.8. The second kappa shape index (κ2) is 12.9. The predicted octanol–water partition coefficient (Wildman–Crippen LogP) is 7.11. The zero-order valence-corrected chi connectivity index (χ0v) is 16.4. The first-order chi connectivity index (χ1) is 12.2. The molecule has 1 N–H and O–H groups in total. The van der Waals surface area contributed by atoms with Crippen molar-refractivity contribution >= 4 is 5.97 Å². The van der Waals surface area contributed by atoms with Crippen molar-refractivity contribution < 1.29 is 9.90 Å². The maximum atomic E-state index is 11.0. The van der Waals surface area contributed by atoms with E-state index < -0.39 is 5.97 Å². The summed E-state index contributed by atoms with van der Waals surface area (Å²) in [4.78, 5) is 11.0. The summed E-state index contributed by atoms with van der Waals surface area (Å²) in [5, 5.41) is 9.00. The average Bonchev–Trinajstić information content (AvgIpc) is 2.63. The molecule has 0 amide bonds. The highest BCUT2D eigenvalue weighted by Crippen LogP contribution is 2.29. The molecule has 0 fully saturated rings. The van der Waals surface area contributed by atoms with Gasteiger partial charge in [0.1, 0.15) is 0 Å². The van der Waals surface area contributed by atoms with Crippen LogP contribution in [0.2, 0.25) is 0 Å². The third-order valence-electron chi connectivity index (χ3n) is 4.40. The molecule has 26 heavy (non-hydrogen) atoms. The Labute approximate surface area is 159 Å². The first-order valence-electron chi connectivity index (χ1n) is 9.26. The number of unbranched alkanes of at least 4 members (excludes halogenated alkanes) is 6. The third kappa shape index (κ3) is 8.66. The maximum Gasteiger partial charge on any atom is 0.335 e. The van der Waals surface area contributed by atoms with Gasteiger partial charge >= 0.3 is 5.97 Å². The van der Waals surface area contributed by atoms with Gasteiger partial charge in [-0.2, -0.15) is 0 Å². The van der Waals surface area contributed by atoms with Crippen molar-refractivity contribution in [1.82, 2.24) is 0 Å². The van der Waals surface area contributed by atoms with Crippen molar-refractivity contribution in [3.05, 3.63) is 85.1 Å². The van der Waals surface area contributed by atoms with Crippen molar-refractivity contribution in [2.75, 3.05) is 0 Å². The van der Waals surface area contributed by atoms with E-state index in [1.807, 2.05) is 0 Å². The minimum absolute atomic E-state index is 0.0894. The Hall–Kier alpha value is -2.35. The number of rotatable bonds is 15. The normalized spacial score (nSPS) is 10.5. The van der Waals surface area contributed by atoms with Crippen LogP contribution in [0.1, 0.15) is 58.3 Å². The number of carbonyl (C=O) groups is 1. The minimum Gasteiger partial charge on any atom is -0.478 e. The fourth-order valence-corrected chi connectivity index (χ4v) is 2.40. The number of allylic oxidation sites excluding steroid dienone is 6. The molecule has 142 valence electrons. The molecule has 2 heteroatoms. The summed E-state index contributed by atoms with van der Waals surface area (Å²) < 4.78 is 0. The van der Waals surface area contributed by atoms with Crippen LogP contribution in [-0.2, 0) is 4.79 Å². The lowest BCUT2D eigenvalue weighted by Crippen LogP contribution is -2.05. The number of aliphatic carboxylic acids is 1. The van der Waals surface area contributed by atoms with E-state index in [1.54, 1.807) is 0 Å². The molecule has 0 aliphatic heterocycles. The third-order valence-corrected chi connectivity index (χ3v) is 4.40. The lowest BCUT2D eigenvalue weighted by molar-refractivity contribution is -0.132. The van der Waals surface area contributed by atoms with Crippen molar-refractivity contribution in [2.45, 2.75) is 58.3 Å². The van der Waals surface area contributed by atoms with Crippen LogP contribution in [0.5, 0.6) is 0 Å². The quantitative estimate of drug-likeness (QED) is 0.147. The van der Waals surface area contributed by atoms with Gasteiger partial charge in [0.25, 0.3) is 0 Å². The van der Waals surface area contributed by atoms with Gasteiger partial charge in [0, 0.05) is 0 Å². The van der Waals surface area contributed by atoms with E-state index in [9.17, 15) is 4.79 Å². The average molecular weight is 355 g/mol. The highest BCUT2D eigenvalue weighted by Gasteiger charge is 2.15. The van der Waals surface area contributed by atoms with Crippen LogP contribution < -0.4 is 0 Å². The van der Waals surface area contributed by atoms with Gasteiger partial charge < -0.3 is 5.11 Å². The zero-order chi connectivity index (χ0) is 20.1. The molecule has 0 aliphatic rings. The zero-order valence-electron chi connectivity index (χ0n) is 16.4. The van der Waals surface area contributed by atoms with Gasteiger partial charge in [-0.3, -0.25) is 0 Å². The van der Waals surface area contributed by atoms with Crippen molar-refractivity contribution in [2.24, 2.45) is 0 Å². The molecule has 0 atom stereocenters. The molecular weight excluding hydrogens is 320 g/mol. The molecule has 0 aromatic heterocycles. The fraction of sp³-hybridized carbons (Fsp3) is 0.375. The number of carboxylic acid groups (broad SMARTS) is 1. The molecule has 0 bridgehead atoms. The Balaban J connectivity index is 4.31. The van der Waals surface area contributed by atoms with Gasteiger partial charge in [-0.05, 0) is 47.1 Å².